The van der Waals surface area contributed by atoms with Crippen LogP contribution in [0.3, 0.4) is 0 Å². The first-order valence-corrected chi connectivity index (χ1v) is 9.94. The van der Waals surface area contributed by atoms with Crippen LogP contribution < -0.4 is 15.4 Å². The molecule has 0 unspecified atom stereocenters. The van der Waals surface area contributed by atoms with Crippen molar-refractivity contribution in [3.8, 4) is 5.75 Å². The van der Waals surface area contributed by atoms with Gasteiger partial charge in [0.25, 0.3) is 0 Å². The van der Waals surface area contributed by atoms with E-state index in [0.29, 0.717) is 25.5 Å². The number of benzene rings is 2. The third-order valence-electron chi connectivity index (χ3n) is 5.14. The molecule has 0 saturated carbocycles. The van der Waals surface area contributed by atoms with Gasteiger partial charge in [-0.3, -0.25) is 4.79 Å². The highest BCUT2D eigenvalue weighted by Crippen LogP contribution is 2.18. The Kier molecular flexibility index (Phi) is 7.28. The lowest BCUT2D eigenvalue weighted by atomic mass is 9.93. The molecule has 3 rings (SSSR count). The van der Waals surface area contributed by atoms with Crippen LogP contribution in [0.4, 0.5) is 0 Å². The number of ether oxygens (including phenoxy) is 1. The van der Waals surface area contributed by atoms with Crippen LogP contribution in [-0.2, 0) is 17.9 Å². The second kappa shape index (κ2) is 10.1. The van der Waals surface area contributed by atoms with Crippen molar-refractivity contribution in [1.82, 2.24) is 10.6 Å². The van der Waals surface area contributed by atoms with Gasteiger partial charge in [-0.25, -0.2) is 0 Å². The fraction of sp³-hybridized carbons (Fsp3) is 0.435. The average molecular weight is 367 g/mol. The summed E-state index contributed by atoms with van der Waals surface area (Å²) in [5, 5.41) is 6.39. The molecule has 1 amide bonds. The molecule has 1 fully saturated rings. The molecule has 144 valence electrons. The Hall–Kier alpha value is -2.33. The fourth-order valence-corrected chi connectivity index (χ4v) is 3.47. The number of nitrogens with one attached hydrogen (secondary N) is 2. The van der Waals surface area contributed by atoms with E-state index in [1.54, 1.807) is 0 Å². The summed E-state index contributed by atoms with van der Waals surface area (Å²) >= 11 is 0. The van der Waals surface area contributed by atoms with Crippen LogP contribution in [0.15, 0.2) is 48.5 Å². The molecule has 0 aliphatic carbocycles. The minimum absolute atomic E-state index is 0.147. The molecule has 0 spiro atoms. The van der Waals surface area contributed by atoms with Crippen molar-refractivity contribution in [2.24, 2.45) is 5.92 Å². The number of carbonyl (C=O) groups excluding carboxylic acids is 1. The summed E-state index contributed by atoms with van der Waals surface area (Å²) in [5.41, 5.74) is 3.50. The summed E-state index contributed by atoms with van der Waals surface area (Å²) in [7, 11) is 0. The Labute approximate surface area is 162 Å². The maximum absolute atomic E-state index is 12.1. The molecule has 4 heteroatoms. The van der Waals surface area contributed by atoms with Gasteiger partial charge in [0.2, 0.25) is 5.91 Å². The van der Waals surface area contributed by atoms with Crippen LogP contribution in [-0.4, -0.2) is 19.0 Å². The monoisotopic (exact) mass is 366 g/mol. The lowest BCUT2D eigenvalue weighted by Crippen LogP contribution is -2.29. The standard InChI is InChI=1S/C23H30N2O2/c1-18-3-2-4-21(15-18)17-27-22-8-5-20(6-9-22)16-25-23(26)10-7-19-11-13-24-14-12-19/h2-6,8-9,15,19,24H,7,10-14,16-17H2,1H3,(H,25,26). The molecule has 1 heterocycles. The van der Waals surface area contributed by atoms with E-state index in [0.717, 1.165) is 30.8 Å². The van der Waals surface area contributed by atoms with Gasteiger partial charge in [0.05, 0.1) is 0 Å². The van der Waals surface area contributed by atoms with Crippen molar-refractivity contribution in [2.45, 2.75) is 45.8 Å². The van der Waals surface area contributed by atoms with E-state index in [4.69, 9.17) is 4.74 Å². The van der Waals surface area contributed by atoms with Crippen molar-refractivity contribution in [2.75, 3.05) is 13.1 Å². The average Bonchev–Trinajstić information content (AvgIpc) is 2.71. The highest BCUT2D eigenvalue weighted by Gasteiger charge is 2.14. The zero-order valence-electron chi connectivity index (χ0n) is 16.2. The number of aryl methyl sites for hydroxylation is 1. The lowest BCUT2D eigenvalue weighted by molar-refractivity contribution is -0.121. The molecular formula is C23H30N2O2. The van der Waals surface area contributed by atoms with Gasteiger partial charge in [-0.1, -0.05) is 42.0 Å². The molecule has 0 atom stereocenters. The minimum Gasteiger partial charge on any atom is -0.489 e. The van der Waals surface area contributed by atoms with Crippen LogP contribution in [0.25, 0.3) is 0 Å². The summed E-state index contributed by atoms with van der Waals surface area (Å²) in [5.74, 6) is 1.69. The molecule has 2 aromatic rings. The largest absolute Gasteiger partial charge is 0.489 e. The molecule has 2 aromatic carbocycles. The van der Waals surface area contributed by atoms with E-state index >= 15 is 0 Å². The molecule has 2 N–H and O–H groups in total. The summed E-state index contributed by atoms with van der Waals surface area (Å²) in [4.78, 5) is 12.1. The van der Waals surface area contributed by atoms with Gasteiger partial charge < -0.3 is 15.4 Å². The Morgan fingerprint density at radius 2 is 1.89 bits per heavy atom. The number of hydrogen-bond donors (Lipinski definition) is 2. The summed E-state index contributed by atoms with van der Waals surface area (Å²) in [6, 6.07) is 16.3. The van der Waals surface area contributed by atoms with Crippen LogP contribution >= 0.6 is 0 Å². The first-order valence-electron chi connectivity index (χ1n) is 9.94. The van der Waals surface area contributed by atoms with Crippen molar-refractivity contribution >= 4 is 5.91 Å². The Morgan fingerprint density at radius 3 is 2.63 bits per heavy atom. The van der Waals surface area contributed by atoms with Crippen molar-refractivity contribution < 1.29 is 9.53 Å². The quantitative estimate of drug-likeness (QED) is 0.743. The van der Waals surface area contributed by atoms with Gasteiger partial charge in [0.15, 0.2) is 0 Å². The summed E-state index contributed by atoms with van der Waals surface area (Å²) < 4.78 is 5.84. The second-order valence-corrected chi connectivity index (χ2v) is 7.43. The molecule has 1 saturated heterocycles. The number of amides is 1. The molecule has 0 radical (unpaired) electrons. The van der Waals surface area contributed by atoms with Crippen molar-refractivity contribution in [3.63, 3.8) is 0 Å². The fourth-order valence-electron chi connectivity index (χ4n) is 3.47. The Bertz CT molecular complexity index is 721. The van der Waals surface area contributed by atoms with Crippen LogP contribution in [0.5, 0.6) is 5.75 Å². The van der Waals surface area contributed by atoms with Crippen LogP contribution in [0.1, 0.15) is 42.4 Å². The van der Waals surface area contributed by atoms with Gasteiger partial charge in [-0.2, -0.15) is 0 Å². The molecular weight excluding hydrogens is 336 g/mol. The molecule has 0 bridgehead atoms. The highest BCUT2D eigenvalue weighted by molar-refractivity contribution is 5.75. The van der Waals surface area contributed by atoms with Crippen LogP contribution in [0, 0.1) is 12.8 Å². The zero-order chi connectivity index (χ0) is 18.9. The number of hydrogen-bond acceptors (Lipinski definition) is 3. The molecule has 4 nitrogen and oxygen atoms in total. The van der Waals surface area contributed by atoms with Gasteiger partial charge in [-0.15, -0.1) is 0 Å². The Morgan fingerprint density at radius 1 is 1.11 bits per heavy atom. The van der Waals surface area contributed by atoms with Gasteiger partial charge in [-0.05, 0) is 68.5 Å². The van der Waals surface area contributed by atoms with E-state index in [9.17, 15) is 4.79 Å². The molecule has 1 aliphatic rings. The number of piperidine rings is 1. The van der Waals surface area contributed by atoms with E-state index in [2.05, 4.69) is 35.8 Å². The molecule has 1 aliphatic heterocycles. The van der Waals surface area contributed by atoms with E-state index in [-0.39, 0.29) is 5.91 Å². The van der Waals surface area contributed by atoms with Gasteiger partial charge in [0.1, 0.15) is 12.4 Å². The van der Waals surface area contributed by atoms with E-state index < -0.39 is 0 Å². The van der Waals surface area contributed by atoms with Gasteiger partial charge in [0, 0.05) is 13.0 Å². The molecule has 0 aromatic heterocycles. The topological polar surface area (TPSA) is 50.4 Å². The van der Waals surface area contributed by atoms with E-state index in [1.165, 1.54) is 24.0 Å². The number of rotatable bonds is 8. The zero-order valence-corrected chi connectivity index (χ0v) is 16.2. The minimum atomic E-state index is 0.147. The smallest absolute Gasteiger partial charge is 0.220 e. The Balaban J connectivity index is 1.37. The predicted molar refractivity (Wildman–Crippen MR) is 109 cm³/mol. The third-order valence-corrected chi connectivity index (χ3v) is 5.14. The second-order valence-electron chi connectivity index (χ2n) is 7.43. The SMILES string of the molecule is Cc1cccc(COc2ccc(CNC(=O)CCC3CCNCC3)cc2)c1. The van der Waals surface area contributed by atoms with Crippen LogP contribution in [0.2, 0.25) is 0 Å². The third kappa shape index (κ3) is 6.72. The van der Waals surface area contributed by atoms with Crippen molar-refractivity contribution in [1.29, 1.82) is 0 Å². The maximum atomic E-state index is 12.1. The van der Waals surface area contributed by atoms with Crippen molar-refractivity contribution in [3.05, 3.63) is 65.2 Å². The van der Waals surface area contributed by atoms with Gasteiger partial charge >= 0.3 is 0 Å². The molecule has 27 heavy (non-hydrogen) atoms. The summed E-state index contributed by atoms with van der Waals surface area (Å²) in [6.07, 6.45) is 4.01. The summed E-state index contributed by atoms with van der Waals surface area (Å²) in [6.45, 7) is 5.39. The maximum Gasteiger partial charge on any atom is 0.220 e. The van der Waals surface area contributed by atoms with E-state index in [1.807, 2.05) is 30.3 Å². The highest BCUT2D eigenvalue weighted by atomic mass is 16.5. The first kappa shape index (κ1) is 19.4. The predicted octanol–water partition coefficient (Wildman–Crippen LogP) is 3.97. The normalized spacial score (nSPS) is 14.7. The lowest BCUT2D eigenvalue weighted by Gasteiger charge is -2.22. The number of carbonyl (C=O) groups is 1. The first-order chi connectivity index (χ1) is 13.2.